The number of amides is 1. The first-order valence-corrected chi connectivity index (χ1v) is 7.06. The number of carbonyl (C=O) groups is 2. The Morgan fingerprint density at radius 2 is 2.05 bits per heavy atom. The maximum Gasteiger partial charge on any atom is 0.303 e. The fourth-order valence-corrected chi connectivity index (χ4v) is 2.12. The van der Waals surface area contributed by atoms with E-state index in [1.165, 1.54) is 0 Å². The van der Waals surface area contributed by atoms with Crippen LogP contribution in [0, 0.1) is 0 Å². The van der Waals surface area contributed by atoms with E-state index in [-0.39, 0.29) is 18.4 Å². The lowest BCUT2D eigenvalue weighted by Crippen LogP contribution is -2.38. The lowest BCUT2D eigenvalue weighted by atomic mass is 10.1. The number of benzene rings is 1. The zero-order valence-electron chi connectivity index (χ0n) is 12.8. The first-order chi connectivity index (χ1) is 9.95. The fourth-order valence-electron chi connectivity index (χ4n) is 2.12. The normalized spacial score (nSPS) is 10.7. The van der Waals surface area contributed by atoms with Crippen LogP contribution >= 0.6 is 0 Å². The molecule has 1 aromatic rings. The molecule has 0 saturated heterocycles. The molecule has 0 radical (unpaired) electrons. The molecule has 0 aliphatic rings. The molecular weight excluding hydrogens is 270 g/mol. The van der Waals surface area contributed by atoms with E-state index in [1.807, 2.05) is 32.0 Å². The van der Waals surface area contributed by atoms with Crippen LogP contribution in [0.3, 0.4) is 0 Å². The summed E-state index contributed by atoms with van der Waals surface area (Å²) in [6, 6.07) is 7.35. The van der Waals surface area contributed by atoms with Gasteiger partial charge in [-0.05, 0) is 38.0 Å². The van der Waals surface area contributed by atoms with Crippen molar-refractivity contribution < 1.29 is 19.4 Å². The van der Waals surface area contributed by atoms with Crippen LogP contribution in [-0.4, -0.2) is 41.6 Å². The van der Waals surface area contributed by atoms with Crippen molar-refractivity contribution in [2.24, 2.45) is 0 Å². The standard InChI is InChI=1S/C16H23NO4/c1-12(2)17(9-5-8-15(18)19)16(20)14-7-4-6-13(10-14)11-21-3/h4,6-7,10,12H,5,8-9,11H2,1-3H3,(H,18,19). The molecular formula is C16H23NO4. The van der Waals surface area contributed by atoms with Gasteiger partial charge < -0.3 is 14.7 Å². The second kappa shape index (κ2) is 8.42. The van der Waals surface area contributed by atoms with Crippen molar-refractivity contribution in [2.75, 3.05) is 13.7 Å². The van der Waals surface area contributed by atoms with Crippen LogP contribution in [0.4, 0.5) is 0 Å². The number of carboxylic acids is 1. The summed E-state index contributed by atoms with van der Waals surface area (Å²) >= 11 is 0. The van der Waals surface area contributed by atoms with E-state index in [9.17, 15) is 9.59 Å². The smallest absolute Gasteiger partial charge is 0.303 e. The minimum atomic E-state index is -0.840. The minimum absolute atomic E-state index is 0.0253. The van der Waals surface area contributed by atoms with E-state index in [4.69, 9.17) is 9.84 Å². The van der Waals surface area contributed by atoms with Gasteiger partial charge in [-0.3, -0.25) is 9.59 Å². The average Bonchev–Trinajstić information content (AvgIpc) is 2.43. The summed E-state index contributed by atoms with van der Waals surface area (Å²) in [5, 5.41) is 8.70. The number of nitrogens with zero attached hydrogens (tertiary/aromatic N) is 1. The van der Waals surface area contributed by atoms with E-state index >= 15 is 0 Å². The van der Waals surface area contributed by atoms with Gasteiger partial charge in [0.2, 0.25) is 0 Å². The van der Waals surface area contributed by atoms with Crippen molar-refractivity contribution in [2.45, 2.75) is 39.3 Å². The summed E-state index contributed by atoms with van der Waals surface area (Å²) in [6.07, 6.45) is 0.525. The Hall–Kier alpha value is -1.88. The lowest BCUT2D eigenvalue weighted by Gasteiger charge is -2.27. The third-order valence-corrected chi connectivity index (χ3v) is 3.16. The molecule has 21 heavy (non-hydrogen) atoms. The van der Waals surface area contributed by atoms with Gasteiger partial charge >= 0.3 is 5.97 Å². The highest BCUT2D eigenvalue weighted by Crippen LogP contribution is 2.12. The van der Waals surface area contributed by atoms with Crippen LogP contribution in [0.25, 0.3) is 0 Å². The van der Waals surface area contributed by atoms with Gasteiger partial charge in [0.1, 0.15) is 0 Å². The van der Waals surface area contributed by atoms with Gasteiger partial charge in [-0.25, -0.2) is 0 Å². The predicted octanol–water partition coefficient (Wildman–Crippen LogP) is 2.55. The average molecular weight is 293 g/mol. The highest BCUT2D eigenvalue weighted by molar-refractivity contribution is 5.94. The molecule has 0 aliphatic carbocycles. The maximum atomic E-state index is 12.6. The number of ether oxygens (including phenoxy) is 1. The zero-order chi connectivity index (χ0) is 15.8. The van der Waals surface area contributed by atoms with Gasteiger partial charge in [0.05, 0.1) is 6.61 Å². The van der Waals surface area contributed by atoms with Crippen molar-refractivity contribution in [3.8, 4) is 0 Å². The van der Waals surface area contributed by atoms with Crippen LogP contribution < -0.4 is 0 Å². The summed E-state index contributed by atoms with van der Waals surface area (Å²) < 4.78 is 5.07. The first kappa shape index (κ1) is 17.2. The molecule has 0 atom stereocenters. The molecule has 1 N–H and O–H groups in total. The number of methoxy groups -OCH3 is 1. The number of carbonyl (C=O) groups excluding carboxylic acids is 1. The van der Waals surface area contributed by atoms with Gasteiger partial charge in [0, 0.05) is 31.7 Å². The van der Waals surface area contributed by atoms with Gasteiger partial charge in [-0.15, -0.1) is 0 Å². The van der Waals surface area contributed by atoms with Gasteiger partial charge in [-0.1, -0.05) is 12.1 Å². The highest BCUT2D eigenvalue weighted by atomic mass is 16.5. The molecule has 0 saturated carbocycles. The fraction of sp³-hybridized carbons (Fsp3) is 0.500. The van der Waals surface area contributed by atoms with Crippen LogP contribution in [0.1, 0.15) is 42.6 Å². The van der Waals surface area contributed by atoms with E-state index in [0.717, 1.165) is 5.56 Å². The molecule has 5 heteroatoms. The molecule has 0 fully saturated rings. The van der Waals surface area contributed by atoms with Crippen LogP contribution in [0.15, 0.2) is 24.3 Å². The third-order valence-electron chi connectivity index (χ3n) is 3.16. The Morgan fingerprint density at radius 3 is 2.62 bits per heavy atom. The van der Waals surface area contributed by atoms with Crippen LogP contribution in [-0.2, 0) is 16.1 Å². The van der Waals surface area contributed by atoms with Gasteiger partial charge in [-0.2, -0.15) is 0 Å². The van der Waals surface area contributed by atoms with Crippen molar-refractivity contribution in [3.05, 3.63) is 35.4 Å². The number of hydrogen-bond donors (Lipinski definition) is 1. The van der Waals surface area contributed by atoms with Crippen molar-refractivity contribution in [3.63, 3.8) is 0 Å². The Bertz CT molecular complexity index is 485. The SMILES string of the molecule is COCc1cccc(C(=O)N(CCCC(=O)O)C(C)C)c1. The second-order valence-electron chi connectivity index (χ2n) is 5.22. The van der Waals surface area contributed by atoms with Gasteiger partial charge in [0.25, 0.3) is 5.91 Å². The summed E-state index contributed by atoms with van der Waals surface area (Å²) in [4.78, 5) is 24.8. The summed E-state index contributed by atoms with van der Waals surface area (Å²) in [7, 11) is 1.61. The van der Waals surface area contributed by atoms with Crippen molar-refractivity contribution >= 4 is 11.9 Å². The number of aliphatic carboxylic acids is 1. The predicted molar refractivity (Wildman–Crippen MR) is 80.2 cm³/mol. The summed E-state index contributed by atoms with van der Waals surface area (Å²) in [6.45, 7) is 4.76. The number of hydrogen-bond acceptors (Lipinski definition) is 3. The second-order valence-corrected chi connectivity index (χ2v) is 5.22. The molecule has 1 amide bonds. The number of rotatable bonds is 8. The van der Waals surface area contributed by atoms with Crippen molar-refractivity contribution in [1.29, 1.82) is 0 Å². The quantitative estimate of drug-likeness (QED) is 0.800. The summed E-state index contributed by atoms with van der Waals surface area (Å²) in [5.41, 5.74) is 1.55. The molecule has 0 aromatic heterocycles. The molecule has 0 bridgehead atoms. The van der Waals surface area contributed by atoms with Crippen molar-refractivity contribution in [1.82, 2.24) is 4.90 Å². The molecule has 0 unspecified atom stereocenters. The molecule has 0 heterocycles. The number of carboxylic acid groups (broad SMARTS) is 1. The Labute approximate surface area is 125 Å². The molecule has 1 rings (SSSR count). The molecule has 116 valence electrons. The largest absolute Gasteiger partial charge is 0.481 e. The molecule has 0 spiro atoms. The van der Waals surface area contributed by atoms with E-state index in [0.29, 0.717) is 25.1 Å². The van der Waals surface area contributed by atoms with E-state index < -0.39 is 5.97 Å². The third kappa shape index (κ3) is 5.55. The Balaban J connectivity index is 2.80. The maximum absolute atomic E-state index is 12.6. The van der Waals surface area contributed by atoms with Crippen LogP contribution in [0.2, 0.25) is 0 Å². The van der Waals surface area contributed by atoms with Crippen LogP contribution in [0.5, 0.6) is 0 Å². The zero-order valence-corrected chi connectivity index (χ0v) is 12.8. The first-order valence-electron chi connectivity index (χ1n) is 7.06. The molecule has 1 aromatic carbocycles. The molecule has 5 nitrogen and oxygen atoms in total. The lowest BCUT2D eigenvalue weighted by molar-refractivity contribution is -0.137. The highest BCUT2D eigenvalue weighted by Gasteiger charge is 2.19. The Kier molecular flexibility index (Phi) is 6.88. The summed E-state index contributed by atoms with van der Waals surface area (Å²) in [5.74, 6) is -0.915. The topological polar surface area (TPSA) is 66.8 Å². The monoisotopic (exact) mass is 293 g/mol. The van der Waals surface area contributed by atoms with Gasteiger partial charge in [0.15, 0.2) is 0 Å². The van der Waals surface area contributed by atoms with E-state index in [1.54, 1.807) is 18.1 Å². The van der Waals surface area contributed by atoms with E-state index in [2.05, 4.69) is 0 Å². The minimum Gasteiger partial charge on any atom is -0.481 e. The molecule has 0 aliphatic heterocycles. The Morgan fingerprint density at radius 1 is 1.33 bits per heavy atom.